The maximum atomic E-state index is 12.7. The number of carbonyl (C=O) groups excluding carboxylic acids is 1. The van der Waals surface area contributed by atoms with Crippen LogP contribution in [0.4, 0.5) is 0 Å². The van der Waals surface area contributed by atoms with Crippen molar-refractivity contribution in [3.63, 3.8) is 0 Å². The highest BCUT2D eigenvalue weighted by molar-refractivity contribution is 5.91. The molecule has 4 aromatic carbocycles. The highest BCUT2D eigenvalue weighted by Crippen LogP contribution is 2.39. The Morgan fingerprint density at radius 2 is 1.09 bits per heavy atom. The molecule has 0 aliphatic carbocycles. The molecule has 11 heteroatoms. The van der Waals surface area contributed by atoms with Crippen molar-refractivity contribution in [2.75, 3.05) is 54.2 Å². The molecule has 3 aliphatic heterocycles. The van der Waals surface area contributed by atoms with E-state index in [0.717, 1.165) is 62.9 Å². The minimum atomic E-state index is -0.846. The Bertz CT molecular complexity index is 1750. The van der Waals surface area contributed by atoms with E-state index in [0.29, 0.717) is 29.2 Å². The summed E-state index contributed by atoms with van der Waals surface area (Å²) in [4.78, 5) is 24.0. The molecule has 3 atom stereocenters. The summed E-state index contributed by atoms with van der Waals surface area (Å²) >= 11 is 0. The first-order valence-electron chi connectivity index (χ1n) is 18.5. The molecule has 3 unspecified atom stereocenters. The molecule has 3 fully saturated rings. The molecule has 0 bridgehead atoms. The number of carbonyl (C=O) groups is 2. The second-order valence-electron chi connectivity index (χ2n) is 13.7. The third-order valence-electron chi connectivity index (χ3n) is 10.5. The number of esters is 1. The smallest absolute Gasteiger partial charge is 0.338 e. The van der Waals surface area contributed by atoms with Crippen LogP contribution >= 0.6 is 0 Å². The molecule has 54 heavy (non-hydrogen) atoms. The van der Waals surface area contributed by atoms with Crippen LogP contribution in [-0.4, -0.2) is 76.3 Å². The summed E-state index contributed by atoms with van der Waals surface area (Å²) in [6.45, 7) is 3.14. The maximum absolute atomic E-state index is 12.7. The molecule has 0 radical (unpaired) electrons. The Labute approximate surface area is 318 Å². The van der Waals surface area contributed by atoms with Gasteiger partial charge in [-0.2, -0.15) is 0 Å². The monoisotopic (exact) mass is 739 g/mol. The van der Waals surface area contributed by atoms with E-state index in [-0.39, 0.29) is 24.3 Å². The topological polar surface area (TPSA) is 148 Å². The van der Waals surface area contributed by atoms with Gasteiger partial charge in [-0.3, -0.25) is 5.32 Å². The molecule has 0 spiro atoms. The van der Waals surface area contributed by atoms with Crippen LogP contribution < -0.4 is 30.2 Å². The summed E-state index contributed by atoms with van der Waals surface area (Å²) in [5, 5.41) is 28.6. The van der Waals surface area contributed by atoms with E-state index >= 15 is 0 Å². The molecule has 0 saturated carbocycles. The number of carboxylic acids is 1. The fourth-order valence-corrected chi connectivity index (χ4v) is 7.54. The predicted molar refractivity (Wildman–Crippen MR) is 207 cm³/mol. The number of methoxy groups -OCH3 is 3. The Balaban J connectivity index is 0.000000173. The van der Waals surface area contributed by atoms with Gasteiger partial charge < -0.3 is 39.8 Å². The van der Waals surface area contributed by atoms with Crippen molar-refractivity contribution < 1.29 is 38.7 Å². The van der Waals surface area contributed by atoms with Gasteiger partial charge in [-0.05, 0) is 87.0 Å². The van der Waals surface area contributed by atoms with Crippen molar-refractivity contribution in [2.45, 2.75) is 55.1 Å². The van der Waals surface area contributed by atoms with E-state index in [1.165, 1.54) is 26.9 Å². The minimum Gasteiger partial charge on any atom is -0.493 e. The van der Waals surface area contributed by atoms with Crippen molar-refractivity contribution >= 4 is 11.9 Å². The summed E-state index contributed by atoms with van der Waals surface area (Å²) in [5.41, 5.74) is 2.17. The van der Waals surface area contributed by atoms with E-state index in [1.807, 2.05) is 66.7 Å². The zero-order chi connectivity index (χ0) is 38.4. The van der Waals surface area contributed by atoms with Gasteiger partial charge in [0, 0.05) is 0 Å². The van der Waals surface area contributed by atoms with Gasteiger partial charge in [0.25, 0.3) is 0 Å². The average molecular weight is 740 g/mol. The molecule has 0 amide bonds. The van der Waals surface area contributed by atoms with Crippen LogP contribution in [0, 0.1) is 0 Å². The van der Waals surface area contributed by atoms with Gasteiger partial charge in [0.15, 0.2) is 11.5 Å². The SMILES string of the molecule is COc1cc(C(=O)OCC2(c3ccccc3)CCCN2)cc(OC)c1OC.O=C(O)C1(c2ccccc2)CCCN1.OCC1(c2ccccc2)CCCN1. The van der Waals surface area contributed by atoms with E-state index in [4.69, 9.17) is 18.9 Å². The number of benzene rings is 4. The summed E-state index contributed by atoms with van der Waals surface area (Å²) in [5.74, 6) is 0.0651. The molecule has 3 heterocycles. The van der Waals surface area contributed by atoms with E-state index in [9.17, 15) is 19.8 Å². The predicted octanol–water partition coefficient (Wildman–Crippen LogP) is 5.76. The third-order valence-corrected chi connectivity index (χ3v) is 10.5. The Morgan fingerprint density at radius 1 is 0.630 bits per heavy atom. The van der Waals surface area contributed by atoms with Crippen molar-refractivity contribution in [1.29, 1.82) is 0 Å². The normalized spacial score (nSPS) is 22.9. The molecule has 0 aromatic heterocycles. The number of nitrogens with one attached hydrogen (secondary N) is 3. The first-order valence-corrected chi connectivity index (χ1v) is 18.5. The molecular weight excluding hydrogens is 686 g/mol. The molecular formula is C43H53N3O8. The molecule has 4 aromatic rings. The van der Waals surface area contributed by atoms with Crippen molar-refractivity contribution in [1.82, 2.24) is 16.0 Å². The Kier molecular flexibility index (Phi) is 14.1. The first kappa shape index (κ1) is 40.2. The zero-order valence-corrected chi connectivity index (χ0v) is 31.4. The van der Waals surface area contributed by atoms with Gasteiger partial charge in [-0.15, -0.1) is 0 Å². The second kappa shape index (κ2) is 18.9. The minimum absolute atomic E-state index is 0.165. The lowest BCUT2D eigenvalue weighted by Crippen LogP contribution is -2.44. The molecule has 3 aliphatic rings. The average Bonchev–Trinajstić information content (AvgIpc) is 4.04. The van der Waals surface area contributed by atoms with E-state index in [2.05, 4.69) is 40.2 Å². The number of rotatable bonds is 11. The lowest BCUT2D eigenvalue weighted by atomic mass is 9.88. The lowest BCUT2D eigenvalue weighted by Gasteiger charge is -2.29. The van der Waals surface area contributed by atoms with Crippen LogP contribution in [0.1, 0.15) is 65.6 Å². The Hall–Kier alpha value is -4.94. The first-order chi connectivity index (χ1) is 26.3. The van der Waals surface area contributed by atoms with Gasteiger partial charge in [-0.1, -0.05) is 91.0 Å². The number of hydrogen-bond acceptors (Lipinski definition) is 10. The molecule has 7 rings (SSSR count). The van der Waals surface area contributed by atoms with Crippen LogP contribution in [0.2, 0.25) is 0 Å². The number of hydrogen-bond donors (Lipinski definition) is 5. The fraction of sp³-hybridized carbons (Fsp3) is 0.395. The van der Waals surface area contributed by atoms with Crippen molar-refractivity contribution in [3.05, 3.63) is 125 Å². The largest absolute Gasteiger partial charge is 0.493 e. The van der Waals surface area contributed by atoms with Gasteiger partial charge >= 0.3 is 11.9 Å². The quantitative estimate of drug-likeness (QED) is 0.120. The summed E-state index contributed by atoms with van der Waals surface area (Å²) in [6.07, 6.45) is 5.73. The van der Waals surface area contributed by atoms with Gasteiger partial charge in [0.1, 0.15) is 12.1 Å². The van der Waals surface area contributed by atoms with Crippen molar-refractivity contribution in [2.24, 2.45) is 0 Å². The van der Waals surface area contributed by atoms with Gasteiger partial charge in [0.2, 0.25) is 5.75 Å². The number of carboxylic acid groups (broad SMARTS) is 1. The molecule has 5 N–H and O–H groups in total. The number of ether oxygens (including phenoxy) is 4. The summed E-state index contributed by atoms with van der Waals surface area (Å²) in [7, 11) is 4.55. The second-order valence-corrected chi connectivity index (χ2v) is 13.7. The summed E-state index contributed by atoms with van der Waals surface area (Å²) < 4.78 is 21.6. The van der Waals surface area contributed by atoms with Crippen LogP contribution in [0.15, 0.2) is 103 Å². The van der Waals surface area contributed by atoms with Gasteiger partial charge in [0.05, 0.1) is 44.6 Å². The number of aliphatic hydroxyl groups is 1. The number of aliphatic hydroxyl groups excluding tert-OH is 1. The zero-order valence-electron chi connectivity index (χ0n) is 31.4. The standard InChI is InChI=1S/C21H25NO5.C11H13NO2.C11H15NO/c1-24-17-12-15(13-18(25-2)19(17)26-3)20(23)27-14-21(10-7-11-22-21)16-8-5-4-6-9-16;13-10(14)11(7-4-8-12-11)9-5-2-1-3-6-9;13-9-11(7-4-8-12-11)10-5-2-1-3-6-10/h4-6,8-9,12-13,22H,7,10-11,14H2,1-3H3;1-3,5-6,12H,4,7-8H2,(H,13,14);1-3,5-6,12-13H,4,7-9H2. The Morgan fingerprint density at radius 3 is 1.50 bits per heavy atom. The van der Waals surface area contributed by atoms with Crippen LogP contribution in [0.5, 0.6) is 17.2 Å². The van der Waals surface area contributed by atoms with Crippen LogP contribution in [0.25, 0.3) is 0 Å². The molecule has 288 valence electrons. The van der Waals surface area contributed by atoms with Crippen molar-refractivity contribution in [3.8, 4) is 17.2 Å². The molecule has 11 nitrogen and oxygen atoms in total. The number of aliphatic carboxylic acids is 1. The van der Waals surface area contributed by atoms with E-state index in [1.54, 1.807) is 12.1 Å². The lowest BCUT2D eigenvalue weighted by molar-refractivity contribution is -0.144. The summed E-state index contributed by atoms with van der Waals surface area (Å²) in [6, 6.07) is 32.9. The maximum Gasteiger partial charge on any atom is 0.338 e. The van der Waals surface area contributed by atoms with Gasteiger partial charge in [-0.25, -0.2) is 9.59 Å². The van der Waals surface area contributed by atoms with E-state index < -0.39 is 17.5 Å². The fourth-order valence-electron chi connectivity index (χ4n) is 7.54. The third kappa shape index (κ3) is 9.05. The molecule has 3 saturated heterocycles. The highest BCUT2D eigenvalue weighted by atomic mass is 16.5. The highest BCUT2D eigenvalue weighted by Gasteiger charge is 2.42. The van der Waals surface area contributed by atoms with Crippen LogP contribution in [-0.2, 0) is 26.1 Å². The van der Waals surface area contributed by atoms with Crippen LogP contribution in [0.3, 0.4) is 0 Å².